The molecule has 5 heteroatoms. The Morgan fingerprint density at radius 3 is 2.90 bits per heavy atom. The number of H-pyrrole nitrogens is 1. The van der Waals surface area contributed by atoms with Gasteiger partial charge in [0.2, 0.25) is 0 Å². The van der Waals surface area contributed by atoms with Gasteiger partial charge in [0.1, 0.15) is 0 Å². The lowest BCUT2D eigenvalue weighted by molar-refractivity contribution is 0.0620. The molecule has 2 N–H and O–H groups in total. The second kappa shape index (κ2) is 4.84. The van der Waals surface area contributed by atoms with Gasteiger partial charge in [-0.1, -0.05) is 6.07 Å². The molecule has 4 heterocycles. The Kier molecular flexibility index (Phi) is 2.96. The van der Waals surface area contributed by atoms with Crippen molar-refractivity contribution in [2.45, 2.75) is 25.8 Å². The van der Waals surface area contributed by atoms with Gasteiger partial charge in [-0.25, -0.2) is 0 Å². The van der Waals surface area contributed by atoms with Crippen LogP contribution >= 0.6 is 0 Å². The van der Waals surface area contributed by atoms with Gasteiger partial charge in [0.25, 0.3) is 5.91 Å². The molecule has 110 valence electrons. The summed E-state index contributed by atoms with van der Waals surface area (Å²) >= 11 is 0. The Morgan fingerprint density at radius 2 is 2.19 bits per heavy atom. The zero-order chi connectivity index (χ0) is 14.4. The Labute approximate surface area is 123 Å². The summed E-state index contributed by atoms with van der Waals surface area (Å²) in [7, 11) is 0. The first-order chi connectivity index (χ1) is 10.2. The van der Waals surface area contributed by atoms with E-state index in [4.69, 9.17) is 0 Å². The Morgan fingerprint density at radius 1 is 1.38 bits per heavy atom. The third kappa shape index (κ3) is 2.21. The number of carbonyl (C=O) groups is 1. The summed E-state index contributed by atoms with van der Waals surface area (Å²) in [6.07, 6.45) is 2.42. The van der Waals surface area contributed by atoms with Crippen molar-refractivity contribution in [3.63, 3.8) is 0 Å². The van der Waals surface area contributed by atoms with Crippen LogP contribution in [0.3, 0.4) is 0 Å². The van der Waals surface area contributed by atoms with Crippen molar-refractivity contribution in [2.24, 2.45) is 5.92 Å². The van der Waals surface area contributed by atoms with Crippen LogP contribution in [0.15, 0.2) is 18.2 Å². The normalized spacial score (nSPS) is 28.0. The molecule has 0 aliphatic carbocycles. The molecule has 3 saturated heterocycles. The summed E-state index contributed by atoms with van der Waals surface area (Å²) in [6.45, 7) is 5.35. The minimum absolute atomic E-state index is 0.0305. The number of nitrogens with zero attached hydrogens (tertiary/aromatic N) is 2. The van der Waals surface area contributed by atoms with Gasteiger partial charge in [0, 0.05) is 23.5 Å². The van der Waals surface area contributed by atoms with E-state index in [0.29, 0.717) is 17.5 Å². The highest BCUT2D eigenvalue weighted by Crippen LogP contribution is 2.27. The van der Waals surface area contributed by atoms with Crippen molar-refractivity contribution in [2.75, 3.05) is 19.6 Å². The quantitative estimate of drug-likeness (QED) is 0.882. The lowest BCUT2D eigenvalue weighted by Crippen LogP contribution is -2.57. The molecule has 0 unspecified atom stereocenters. The van der Waals surface area contributed by atoms with E-state index < -0.39 is 0 Å². The summed E-state index contributed by atoms with van der Waals surface area (Å²) in [4.78, 5) is 14.9. The van der Waals surface area contributed by atoms with Crippen LogP contribution < -0.4 is 5.32 Å². The monoisotopic (exact) mass is 284 g/mol. The number of hydrogen-bond acceptors (Lipinski definition) is 3. The van der Waals surface area contributed by atoms with Gasteiger partial charge in [0.15, 0.2) is 0 Å². The van der Waals surface area contributed by atoms with Gasteiger partial charge in [0.05, 0.1) is 11.2 Å². The smallest absolute Gasteiger partial charge is 0.251 e. The molecule has 5 rings (SSSR count). The molecule has 2 bridgehead atoms. The molecule has 1 atom stereocenters. The third-order valence-corrected chi connectivity index (χ3v) is 4.99. The second-order valence-electron chi connectivity index (χ2n) is 6.29. The van der Waals surface area contributed by atoms with Crippen LogP contribution in [0.4, 0.5) is 0 Å². The van der Waals surface area contributed by atoms with Gasteiger partial charge in [-0.3, -0.25) is 9.89 Å². The number of fused-ring (bicyclic) bond motifs is 4. The first-order valence-electron chi connectivity index (χ1n) is 7.68. The molecule has 1 amide bonds. The highest BCUT2D eigenvalue weighted by Gasteiger charge is 2.34. The maximum absolute atomic E-state index is 12.5. The van der Waals surface area contributed by atoms with Crippen LogP contribution in [-0.4, -0.2) is 46.7 Å². The summed E-state index contributed by atoms with van der Waals surface area (Å²) in [6, 6.07) is 6.06. The molecule has 21 heavy (non-hydrogen) atoms. The molecule has 1 aromatic carbocycles. The predicted octanol–water partition coefficient (Wildman–Crippen LogP) is 1.70. The summed E-state index contributed by atoms with van der Waals surface area (Å²) < 4.78 is 0. The number of rotatable bonds is 2. The SMILES string of the molecule is Cc1n[nH]c2cc(C(=O)N[C@H]3CN4CCC3CC4)ccc12. The number of piperidine rings is 3. The van der Waals surface area contributed by atoms with Crippen molar-refractivity contribution in [1.82, 2.24) is 20.4 Å². The Bertz CT molecular complexity index is 685. The first kappa shape index (κ1) is 12.8. The number of nitrogens with one attached hydrogen (secondary N) is 2. The molecule has 2 aromatic rings. The molecule has 3 aliphatic rings. The van der Waals surface area contributed by atoms with E-state index in [2.05, 4.69) is 20.4 Å². The molecular weight excluding hydrogens is 264 g/mol. The van der Waals surface area contributed by atoms with Crippen molar-refractivity contribution in [1.29, 1.82) is 0 Å². The minimum atomic E-state index is 0.0305. The molecule has 1 aromatic heterocycles. The lowest BCUT2D eigenvalue weighted by atomic mass is 9.84. The van der Waals surface area contributed by atoms with Crippen molar-refractivity contribution in [3.05, 3.63) is 29.5 Å². The average Bonchev–Trinajstić information content (AvgIpc) is 2.89. The summed E-state index contributed by atoms with van der Waals surface area (Å²) in [5, 5.41) is 11.5. The maximum atomic E-state index is 12.5. The minimum Gasteiger partial charge on any atom is -0.348 e. The van der Waals surface area contributed by atoms with Gasteiger partial charge < -0.3 is 10.2 Å². The number of aryl methyl sites for hydroxylation is 1. The Balaban J connectivity index is 1.53. The van der Waals surface area contributed by atoms with Crippen LogP contribution in [0, 0.1) is 12.8 Å². The molecule has 3 fully saturated rings. The topological polar surface area (TPSA) is 61.0 Å². The third-order valence-electron chi connectivity index (χ3n) is 4.99. The van der Waals surface area contributed by atoms with E-state index in [1.54, 1.807) is 0 Å². The zero-order valence-electron chi connectivity index (χ0n) is 12.2. The van der Waals surface area contributed by atoms with Gasteiger partial charge in [-0.05, 0) is 50.9 Å². The molecule has 3 aliphatic heterocycles. The van der Waals surface area contributed by atoms with E-state index >= 15 is 0 Å². The van der Waals surface area contributed by atoms with Gasteiger partial charge in [-0.15, -0.1) is 0 Å². The second-order valence-corrected chi connectivity index (χ2v) is 6.29. The molecule has 0 saturated carbocycles. The van der Waals surface area contributed by atoms with Crippen molar-refractivity contribution >= 4 is 16.8 Å². The first-order valence-corrected chi connectivity index (χ1v) is 7.68. The van der Waals surface area contributed by atoms with Gasteiger partial charge in [-0.2, -0.15) is 5.10 Å². The fourth-order valence-corrected chi connectivity index (χ4v) is 3.68. The van der Waals surface area contributed by atoms with Crippen LogP contribution in [0.5, 0.6) is 0 Å². The predicted molar refractivity (Wildman–Crippen MR) is 81.2 cm³/mol. The zero-order valence-corrected chi connectivity index (χ0v) is 12.2. The van der Waals surface area contributed by atoms with Crippen LogP contribution in [0.1, 0.15) is 28.9 Å². The standard InChI is InChI=1S/C16H20N4O/c1-10-13-3-2-12(8-14(13)19-18-10)16(21)17-15-9-20-6-4-11(15)5-7-20/h2-3,8,11,15H,4-7,9H2,1H3,(H,17,21)(H,18,19)/t15-/m0/s1. The summed E-state index contributed by atoms with van der Waals surface area (Å²) in [5.41, 5.74) is 2.60. The largest absolute Gasteiger partial charge is 0.348 e. The van der Waals surface area contributed by atoms with Crippen LogP contribution in [0.25, 0.3) is 10.9 Å². The van der Waals surface area contributed by atoms with Crippen molar-refractivity contribution < 1.29 is 4.79 Å². The summed E-state index contributed by atoms with van der Waals surface area (Å²) in [5.74, 6) is 0.681. The molecule has 0 radical (unpaired) electrons. The lowest BCUT2D eigenvalue weighted by Gasteiger charge is -2.44. The number of carbonyl (C=O) groups excluding carboxylic acids is 1. The number of benzene rings is 1. The van der Waals surface area contributed by atoms with Crippen LogP contribution in [-0.2, 0) is 0 Å². The highest BCUT2D eigenvalue weighted by molar-refractivity contribution is 5.98. The number of aromatic nitrogens is 2. The van der Waals surface area contributed by atoms with Crippen molar-refractivity contribution in [3.8, 4) is 0 Å². The maximum Gasteiger partial charge on any atom is 0.251 e. The fraction of sp³-hybridized carbons (Fsp3) is 0.500. The van der Waals surface area contributed by atoms with E-state index in [9.17, 15) is 4.79 Å². The van der Waals surface area contributed by atoms with E-state index in [0.717, 1.165) is 23.1 Å². The average molecular weight is 284 g/mol. The van der Waals surface area contributed by atoms with E-state index in [-0.39, 0.29) is 5.91 Å². The number of aromatic amines is 1. The molecule has 5 nitrogen and oxygen atoms in total. The number of amides is 1. The van der Waals surface area contributed by atoms with E-state index in [1.165, 1.54) is 25.9 Å². The molecule has 0 spiro atoms. The van der Waals surface area contributed by atoms with Crippen LogP contribution in [0.2, 0.25) is 0 Å². The molecular formula is C16H20N4O. The fourth-order valence-electron chi connectivity index (χ4n) is 3.68. The highest BCUT2D eigenvalue weighted by atomic mass is 16.1. The number of hydrogen-bond donors (Lipinski definition) is 2. The van der Waals surface area contributed by atoms with E-state index in [1.807, 2.05) is 25.1 Å². The Hall–Kier alpha value is -1.88. The van der Waals surface area contributed by atoms with Gasteiger partial charge >= 0.3 is 0 Å².